The summed E-state index contributed by atoms with van der Waals surface area (Å²) in [7, 11) is 1.42. The first kappa shape index (κ1) is 13.7. The van der Waals surface area contributed by atoms with Crippen molar-refractivity contribution in [2.24, 2.45) is 5.73 Å². The molecule has 2 aromatic carbocycles. The molecule has 0 radical (unpaired) electrons. The largest absolute Gasteiger partial charge is 0.494 e. The van der Waals surface area contributed by atoms with Crippen LogP contribution >= 0.6 is 0 Å². The summed E-state index contributed by atoms with van der Waals surface area (Å²) < 4.78 is 30.1. The molecule has 2 unspecified atom stereocenters. The predicted molar refractivity (Wildman–Crippen MR) is 76.2 cm³/mol. The number of halogens is 1. The van der Waals surface area contributed by atoms with Crippen molar-refractivity contribution >= 4 is 0 Å². The number of nitrogens with two attached hydrogens (primary N) is 1. The van der Waals surface area contributed by atoms with E-state index in [0.717, 1.165) is 0 Å². The van der Waals surface area contributed by atoms with Crippen LogP contribution in [-0.2, 0) is 0 Å². The van der Waals surface area contributed by atoms with Crippen molar-refractivity contribution in [2.45, 2.75) is 12.1 Å². The highest BCUT2D eigenvalue weighted by molar-refractivity contribution is 5.41. The molecule has 3 rings (SSSR count). The van der Waals surface area contributed by atoms with E-state index in [1.54, 1.807) is 12.1 Å². The molecule has 1 aliphatic rings. The lowest BCUT2D eigenvalue weighted by atomic mass is 10.0. The van der Waals surface area contributed by atoms with Gasteiger partial charge in [-0.1, -0.05) is 18.2 Å². The van der Waals surface area contributed by atoms with Crippen molar-refractivity contribution in [2.75, 3.05) is 13.7 Å². The first-order valence-electron chi connectivity index (χ1n) is 6.66. The molecule has 0 saturated heterocycles. The van der Waals surface area contributed by atoms with Gasteiger partial charge in [0.1, 0.15) is 6.61 Å². The van der Waals surface area contributed by atoms with Crippen LogP contribution in [0.25, 0.3) is 0 Å². The van der Waals surface area contributed by atoms with Gasteiger partial charge in [-0.15, -0.1) is 0 Å². The molecule has 2 atom stereocenters. The monoisotopic (exact) mass is 289 g/mol. The van der Waals surface area contributed by atoms with Crippen molar-refractivity contribution < 1.29 is 18.6 Å². The summed E-state index contributed by atoms with van der Waals surface area (Å²) in [5, 5.41) is 0. The van der Waals surface area contributed by atoms with Gasteiger partial charge in [-0.2, -0.15) is 0 Å². The van der Waals surface area contributed by atoms with Gasteiger partial charge < -0.3 is 19.9 Å². The molecule has 2 N–H and O–H groups in total. The van der Waals surface area contributed by atoms with E-state index in [4.69, 9.17) is 19.9 Å². The highest BCUT2D eigenvalue weighted by Crippen LogP contribution is 2.34. The van der Waals surface area contributed by atoms with E-state index < -0.39 is 11.9 Å². The van der Waals surface area contributed by atoms with E-state index in [-0.39, 0.29) is 11.9 Å². The van der Waals surface area contributed by atoms with Gasteiger partial charge in [-0.25, -0.2) is 4.39 Å². The average Bonchev–Trinajstić information content (AvgIpc) is 2.53. The number of benzene rings is 2. The van der Waals surface area contributed by atoms with Crippen LogP contribution in [-0.4, -0.2) is 19.8 Å². The Morgan fingerprint density at radius 2 is 2.00 bits per heavy atom. The third-order valence-electron chi connectivity index (χ3n) is 3.49. The van der Waals surface area contributed by atoms with Gasteiger partial charge in [0.05, 0.1) is 13.2 Å². The Bertz CT molecular complexity index is 647. The maximum absolute atomic E-state index is 13.8. The maximum atomic E-state index is 13.8. The SMILES string of the molecule is COc1ccc(C(N)C2COc3ccccc3O2)cc1F. The van der Waals surface area contributed by atoms with Crippen LogP contribution in [0.4, 0.5) is 4.39 Å². The highest BCUT2D eigenvalue weighted by atomic mass is 19.1. The zero-order valence-electron chi connectivity index (χ0n) is 11.6. The van der Waals surface area contributed by atoms with Gasteiger partial charge in [0, 0.05) is 0 Å². The van der Waals surface area contributed by atoms with Crippen LogP contribution in [0.2, 0.25) is 0 Å². The summed E-state index contributed by atoms with van der Waals surface area (Å²) in [5.41, 5.74) is 6.81. The molecule has 4 nitrogen and oxygen atoms in total. The molecule has 0 amide bonds. The molecule has 1 aliphatic heterocycles. The molecule has 0 spiro atoms. The molecule has 2 aromatic rings. The summed E-state index contributed by atoms with van der Waals surface area (Å²) in [6.07, 6.45) is -0.368. The second-order valence-electron chi connectivity index (χ2n) is 4.83. The van der Waals surface area contributed by atoms with Gasteiger partial charge in [-0.3, -0.25) is 0 Å². The summed E-state index contributed by atoms with van der Waals surface area (Å²) in [6, 6.07) is 11.6. The van der Waals surface area contributed by atoms with Gasteiger partial charge in [-0.05, 0) is 29.8 Å². The van der Waals surface area contributed by atoms with Crippen molar-refractivity contribution in [3.63, 3.8) is 0 Å². The van der Waals surface area contributed by atoms with Crippen LogP contribution in [0.3, 0.4) is 0 Å². The first-order valence-corrected chi connectivity index (χ1v) is 6.66. The van der Waals surface area contributed by atoms with Crippen LogP contribution < -0.4 is 19.9 Å². The topological polar surface area (TPSA) is 53.7 Å². The molecule has 21 heavy (non-hydrogen) atoms. The van der Waals surface area contributed by atoms with E-state index in [1.807, 2.05) is 24.3 Å². The standard InChI is InChI=1S/C16H16FNO3/c1-19-12-7-6-10(8-11(12)17)16(18)15-9-20-13-4-2-3-5-14(13)21-15/h2-8,15-16H,9,18H2,1H3. The molecule has 0 saturated carbocycles. The lowest BCUT2D eigenvalue weighted by Crippen LogP contribution is -2.39. The third kappa shape index (κ3) is 2.64. The summed E-state index contributed by atoms with van der Waals surface area (Å²) in [5.74, 6) is 1.10. The smallest absolute Gasteiger partial charge is 0.165 e. The average molecular weight is 289 g/mol. The maximum Gasteiger partial charge on any atom is 0.165 e. The van der Waals surface area contributed by atoms with E-state index in [0.29, 0.717) is 23.7 Å². The molecule has 0 fully saturated rings. The van der Waals surface area contributed by atoms with E-state index in [1.165, 1.54) is 13.2 Å². The number of para-hydroxylation sites is 2. The number of ether oxygens (including phenoxy) is 3. The summed E-state index contributed by atoms with van der Waals surface area (Å²) in [6.45, 7) is 0.325. The van der Waals surface area contributed by atoms with Crippen LogP contribution in [0.5, 0.6) is 17.2 Å². The van der Waals surface area contributed by atoms with Gasteiger partial charge >= 0.3 is 0 Å². The summed E-state index contributed by atoms with van der Waals surface area (Å²) in [4.78, 5) is 0. The molecule has 0 aromatic heterocycles. The first-order chi connectivity index (χ1) is 10.2. The Hall–Kier alpha value is -2.27. The lowest BCUT2D eigenvalue weighted by molar-refractivity contribution is 0.0720. The molecule has 0 aliphatic carbocycles. The second-order valence-corrected chi connectivity index (χ2v) is 4.83. The van der Waals surface area contributed by atoms with Crippen molar-refractivity contribution in [3.8, 4) is 17.2 Å². The van der Waals surface area contributed by atoms with E-state index in [9.17, 15) is 4.39 Å². The lowest BCUT2D eigenvalue weighted by Gasteiger charge is -2.30. The van der Waals surface area contributed by atoms with Gasteiger partial charge in [0.15, 0.2) is 29.2 Å². The minimum atomic E-state index is -0.487. The number of methoxy groups -OCH3 is 1. The molecule has 5 heteroatoms. The fraction of sp³-hybridized carbons (Fsp3) is 0.250. The van der Waals surface area contributed by atoms with Crippen molar-refractivity contribution in [1.29, 1.82) is 0 Å². The van der Waals surface area contributed by atoms with E-state index >= 15 is 0 Å². The number of fused-ring (bicyclic) bond motifs is 1. The number of hydrogen-bond donors (Lipinski definition) is 1. The zero-order chi connectivity index (χ0) is 14.8. The minimum Gasteiger partial charge on any atom is -0.494 e. The molecule has 1 heterocycles. The Morgan fingerprint density at radius 3 is 2.71 bits per heavy atom. The predicted octanol–water partition coefficient (Wildman–Crippen LogP) is 2.67. The Balaban J connectivity index is 1.80. The quantitative estimate of drug-likeness (QED) is 0.944. The fourth-order valence-corrected chi connectivity index (χ4v) is 2.32. The summed E-state index contributed by atoms with van der Waals surface area (Å²) >= 11 is 0. The Labute approximate surface area is 122 Å². The molecule has 0 bridgehead atoms. The Kier molecular flexibility index (Phi) is 3.66. The molecular formula is C16H16FNO3. The van der Waals surface area contributed by atoms with Crippen LogP contribution in [0, 0.1) is 5.82 Å². The fourth-order valence-electron chi connectivity index (χ4n) is 2.32. The normalized spacial score (nSPS) is 18.1. The second kappa shape index (κ2) is 5.61. The van der Waals surface area contributed by atoms with Crippen molar-refractivity contribution in [3.05, 3.63) is 53.8 Å². The number of rotatable bonds is 3. The van der Waals surface area contributed by atoms with Gasteiger partial charge in [0.2, 0.25) is 0 Å². The Morgan fingerprint density at radius 1 is 1.24 bits per heavy atom. The highest BCUT2D eigenvalue weighted by Gasteiger charge is 2.28. The third-order valence-corrected chi connectivity index (χ3v) is 3.49. The molecule has 110 valence electrons. The number of hydrogen-bond acceptors (Lipinski definition) is 4. The van der Waals surface area contributed by atoms with Crippen LogP contribution in [0.15, 0.2) is 42.5 Å². The van der Waals surface area contributed by atoms with Crippen molar-refractivity contribution in [1.82, 2.24) is 0 Å². The zero-order valence-corrected chi connectivity index (χ0v) is 11.6. The van der Waals surface area contributed by atoms with Crippen LogP contribution in [0.1, 0.15) is 11.6 Å². The molecular weight excluding hydrogens is 273 g/mol. The van der Waals surface area contributed by atoms with E-state index in [2.05, 4.69) is 0 Å². The minimum absolute atomic E-state index is 0.192. The van der Waals surface area contributed by atoms with Gasteiger partial charge in [0.25, 0.3) is 0 Å².